The standard InChI is InChI=1S/C28H27N3O3S/c1-28(2,3)23-13-11-20(12-14-23)25(32)31-26-30-24(17-35-26)22-6-4-5-21(15-22)19-9-7-18(8-10-19)16-29-27(33)34/h4-15,17,29H,16H2,1-3H3,(H,33,34)(H,30,31,32). The summed E-state index contributed by atoms with van der Waals surface area (Å²) < 4.78 is 0. The number of thiazole rings is 1. The van der Waals surface area contributed by atoms with E-state index in [1.165, 1.54) is 16.9 Å². The lowest BCUT2D eigenvalue weighted by Gasteiger charge is -2.18. The van der Waals surface area contributed by atoms with Crippen molar-refractivity contribution in [2.75, 3.05) is 5.32 Å². The third-order valence-corrected chi connectivity index (χ3v) is 6.38. The van der Waals surface area contributed by atoms with Crippen molar-refractivity contribution in [3.05, 3.63) is 94.9 Å². The van der Waals surface area contributed by atoms with Crippen LogP contribution in [0.2, 0.25) is 0 Å². The molecule has 2 amide bonds. The van der Waals surface area contributed by atoms with Gasteiger partial charge < -0.3 is 10.4 Å². The normalized spacial score (nSPS) is 11.2. The van der Waals surface area contributed by atoms with Crippen LogP contribution >= 0.6 is 11.3 Å². The molecule has 1 aromatic heterocycles. The molecule has 4 rings (SSSR count). The fourth-order valence-corrected chi connectivity index (χ4v) is 4.32. The van der Waals surface area contributed by atoms with Gasteiger partial charge in [0, 0.05) is 23.1 Å². The summed E-state index contributed by atoms with van der Waals surface area (Å²) in [4.78, 5) is 28.0. The van der Waals surface area contributed by atoms with Gasteiger partial charge in [0.25, 0.3) is 5.91 Å². The van der Waals surface area contributed by atoms with Crippen LogP contribution in [-0.2, 0) is 12.0 Å². The molecule has 0 radical (unpaired) electrons. The number of hydrogen-bond acceptors (Lipinski definition) is 4. The van der Waals surface area contributed by atoms with Gasteiger partial charge in [0.2, 0.25) is 0 Å². The number of anilines is 1. The van der Waals surface area contributed by atoms with Gasteiger partial charge in [-0.05, 0) is 45.9 Å². The molecule has 4 aromatic rings. The van der Waals surface area contributed by atoms with Crippen LogP contribution < -0.4 is 10.6 Å². The SMILES string of the molecule is CC(C)(C)c1ccc(C(=O)Nc2nc(-c3cccc(-c4ccc(CNC(=O)O)cc4)c3)cs2)cc1. The quantitative estimate of drug-likeness (QED) is 0.280. The van der Waals surface area contributed by atoms with E-state index in [0.29, 0.717) is 10.7 Å². The average molecular weight is 486 g/mol. The van der Waals surface area contributed by atoms with Crippen LogP contribution in [-0.4, -0.2) is 22.1 Å². The number of nitrogens with one attached hydrogen (secondary N) is 2. The Morgan fingerprint density at radius 3 is 2.26 bits per heavy atom. The lowest BCUT2D eigenvalue weighted by atomic mass is 9.87. The Bertz CT molecular complexity index is 1340. The number of amides is 2. The van der Waals surface area contributed by atoms with Gasteiger partial charge in [0.1, 0.15) is 0 Å². The second-order valence-corrected chi connectivity index (χ2v) is 10.1. The molecule has 1 heterocycles. The van der Waals surface area contributed by atoms with Crippen LogP contribution in [0, 0.1) is 0 Å². The second kappa shape index (κ2) is 10.1. The minimum absolute atomic E-state index is 0.0351. The van der Waals surface area contributed by atoms with Crippen LogP contribution in [0.1, 0.15) is 42.3 Å². The summed E-state index contributed by atoms with van der Waals surface area (Å²) in [5.41, 5.74) is 6.48. The van der Waals surface area contributed by atoms with Crippen molar-refractivity contribution in [3.63, 3.8) is 0 Å². The predicted molar refractivity (Wildman–Crippen MR) is 141 cm³/mol. The molecule has 3 N–H and O–H groups in total. The topological polar surface area (TPSA) is 91.3 Å². The molecule has 0 aliphatic carbocycles. The maximum Gasteiger partial charge on any atom is 0.404 e. The number of aromatic nitrogens is 1. The molecule has 0 spiro atoms. The molecule has 0 aliphatic rings. The molecule has 0 fully saturated rings. The first-order valence-electron chi connectivity index (χ1n) is 11.2. The van der Waals surface area contributed by atoms with Crippen molar-refractivity contribution < 1.29 is 14.7 Å². The molecule has 0 aliphatic heterocycles. The first-order chi connectivity index (χ1) is 16.7. The van der Waals surface area contributed by atoms with Gasteiger partial charge in [-0.3, -0.25) is 10.1 Å². The summed E-state index contributed by atoms with van der Waals surface area (Å²) >= 11 is 1.39. The van der Waals surface area contributed by atoms with Crippen LogP contribution in [0.25, 0.3) is 22.4 Å². The highest BCUT2D eigenvalue weighted by Gasteiger charge is 2.15. The van der Waals surface area contributed by atoms with Crippen LogP contribution in [0.5, 0.6) is 0 Å². The van der Waals surface area contributed by atoms with E-state index in [1.54, 1.807) is 0 Å². The molecular weight excluding hydrogens is 458 g/mol. The molecular formula is C28H27N3O3S. The molecule has 3 aromatic carbocycles. The van der Waals surface area contributed by atoms with E-state index in [-0.39, 0.29) is 17.9 Å². The van der Waals surface area contributed by atoms with E-state index in [2.05, 4.69) is 42.5 Å². The van der Waals surface area contributed by atoms with Gasteiger partial charge in [-0.1, -0.05) is 75.4 Å². The maximum atomic E-state index is 12.7. The fourth-order valence-electron chi connectivity index (χ4n) is 3.61. The summed E-state index contributed by atoms with van der Waals surface area (Å²) in [5, 5.41) is 16.5. The van der Waals surface area contributed by atoms with Crippen LogP contribution in [0.4, 0.5) is 9.93 Å². The van der Waals surface area contributed by atoms with Gasteiger partial charge in [0.05, 0.1) is 5.69 Å². The monoisotopic (exact) mass is 485 g/mol. The molecule has 0 bridgehead atoms. The molecule has 7 heteroatoms. The van der Waals surface area contributed by atoms with Gasteiger partial charge in [-0.15, -0.1) is 11.3 Å². The number of nitrogens with zero attached hydrogens (tertiary/aromatic N) is 1. The van der Waals surface area contributed by atoms with Crippen molar-refractivity contribution in [1.29, 1.82) is 0 Å². The molecule has 0 unspecified atom stereocenters. The van der Waals surface area contributed by atoms with Gasteiger partial charge in [-0.25, -0.2) is 9.78 Å². The molecule has 178 valence electrons. The Kier molecular flexibility index (Phi) is 6.98. The summed E-state index contributed by atoms with van der Waals surface area (Å²) in [6.45, 7) is 6.69. The van der Waals surface area contributed by atoms with E-state index in [9.17, 15) is 9.59 Å². The highest BCUT2D eigenvalue weighted by Crippen LogP contribution is 2.29. The van der Waals surface area contributed by atoms with Crippen molar-refractivity contribution in [1.82, 2.24) is 10.3 Å². The highest BCUT2D eigenvalue weighted by molar-refractivity contribution is 7.14. The Morgan fingerprint density at radius 1 is 0.914 bits per heavy atom. The fraction of sp³-hybridized carbons (Fsp3) is 0.179. The Labute approximate surface area is 208 Å². The molecule has 0 atom stereocenters. The zero-order valence-electron chi connectivity index (χ0n) is 19.8. The number of carbonyl (C=O) groups is 2. The lowest BCUT2D eigenvalue weighted by Crippen LogP contribution is -2.19. The number of benzene rings is 3. The number of carbonyl (C=O) groups excluding carboxylic acids is 1. The number of carboxylic acid groups (broad SMARTS) is 1. The Balaban J connectivity index is 1.45. The number of hydrogen-bond donors (Lipinski definition) is 3. The molecule has 0 saturated heterocycles. The van der Waals surface area contributed by atoms with Crippen molar-refractivity contribution >= 4 is 28.5 Å². The van der Waals surface area contributed by atoms with E-state index in [0.717, 1.165) is 27.9 Å². The van der Waals surface area contributed by atoms with Crippen LogP contribution in [0.3, 0.4) is 0 Å². The van der Waals surface area contributed by atoms with Gasteiger partial charge in [-0.2, -0.15) is 0 Å². The van der Waals surface area contributed by atoms with Gasteiger partial charge in [0.15, 0.2) is 5.13 Å². The second-order valence-electron chi connectivity index (χ2n) is 9.26. The minimum atomic E-state index is -1.04. The third-order valence-electron chi connectivity index (χ3n) is 5.63. The zero-order valence-corrected chi connectivity index (χ0v) is 20.6. The molecule has 35 heavy (non-hydrogen) atoms. The van der Waals surface area contributed by atoms with E-state index in [4.69, 9.17) is 5.11 Å². The van der Waals surface area contributed by atoms with E-state index in [1.807, 2.05) is 72.1 Å². The summed E-state index contributed by atoms with van der Waals surface area (Å²) in [6.07, 6.45) is -1.04. The average Bonchev–Trinajstić information content (AvgIpc) is 3.31. The molecule has 6 nitrogen and oxygen atoms in total. The minimum Gasteiger partial charge on any atom is -0.465 e. The highest BCUT2D eigenvalue weighted by atomic mass is 32.1. The smallest absolute Gasteiger partial charge is 0.404 e. The summed E-state index contributed by atoms with van der Waals surface area (Å²) in [7, 11) is 0. The first kappa shape index (κ1) is 24.2. The van der Waals surface area contributed by atoms with Crippen LogP contribution in [0.15, 0.2) is 78.2 Å². The van der Waals surface area contributed by atoms with Crippen molar-refractivity contribution in [3.8, 4) is 22.4 Å². The van der Waals surface area contributed by atoms with Crippen molar-refractivity contribution in [2.45, 2.75) is 32.7 Å². The maximum absolute atomic E-state index is 12.7. The third kappa shape index (κ3) is 6.13. The van der Waals surface area contributed by atoms with E-state index < -0.39 is 6.09 Å². The first-order valence-corrected chi connectivity index (χ1v) is 12.1. The lowest BCUT2D eigenvalue weighted by molar-refractivity contribution is 0.102. The molecule has 0 saturated carbocycles. The zero-order chi connectivity index (χ0) is 25.0. The van der Waals surface area contributed by atoms with Gasteiger partial charge >= 0.3 is 6.09 Å². The largest absolute Gasteiger partial charge is 0.465 e. The number of rotatable bonds is 6. The van der Waals surface area contributed by atoms with Crippen molar-refractivity contribution in [2.24, 2.45) is 0 Å². The summed E-state index contributed by atoms with van der Waals surface area (Å²) in [6, 6.07) is 23.4. The Morgan fingerprint density at radius 2 is 1.60 bits per heavy atom. The van der Waals surface area contributed by atoms with E-state index >= 15 is 0 Å². The summed E-state index contributed by atoms with van der Waals surface area (Å²) in [5.74, 6) is -0.183. The Hall–Kier alpha value is -3.97. The predicted octanol–water partition coefficient (Wildman–Crippen LogP) is 6.79.